The minimum absolute atomic E-state index is 0.0503. The van der Waals surface area contributed by atoms with Gasteiger partial charge >= 0.3 is 6.18 Å². The third-order valence-electron chi connectivity index (χ3n) is 6.91. The molecular formula is C27H32Cl2F3N3O2. The molecule has 5 nitrogen and oxygen atoms in total. The lowest BCUT2D eigenvalue weighted by Gasteiger charge is -2.43. The van der Waals surface area contributed by atoms with Crippen molar-refractivity contribution in [2.45, 2.75) is 44.7 Å². The Labute approximate surface area is 226 Å². The minimum atomic E-state index is -4.59. The first-order chi connectivity index (χ1) is 17.5. The maximum atomic E-state index is 13.5. The molecule has 2 aromatic rings. The van der Waals surface area contributed by atoms with Crippen LogP contribution in [0.5, 0.6) is 0 Å². The summed E-state index contributed by atoms with van der Waals surface area (Å²) in [5.41, 5.74) is 0.0304. The van der Waals surface area contributed by atoms with Crippen LogP contribution in [0.2, 0.25) is 10.0 Å². The van der Waals surface area contributed by atoms with E-state index in [9.17, 15) is 18.0 Å². The summed E-state index contributed by atoms with van der Waals surface area (Å²) in [7, 11) is 0. The molecule has 0 aliphatic carbocycles. The fourth-order valence-electron chi connectivity index (χ4n) is 5.25. The number of piperazine rings is 1. The van der Waals surface area contributed by atoms with Gasteiger partial charge in [-0.25, -0.2) is 0 Å². The van der Waals surface area contributed by atoms with Gasteiger partial charge in [0.1, 0.15) is 0 Å². The summed E-state index contributed by atoms with van der Waals surface area (Å²) in [5, 5.41) is 0.509. The number of carbonyl (C=O) groups is 1. The quantitative estimate of drug-likeness (QED) is 0.470. The van der Waals surface area contributed by atoms with Crippen LogP contribution in [0.3, 0.4) is 0 Å². The van der Waals surface area contributed by atoms with E-state index < -0.39 is 17.6 Å². The van der Waals surface area contributed by atoms with Crippen LogP contribution < -0.4 is 0 Å². The molecule has 0 radical (unpaired) electrons. The zero-order chi connectivity index (χ0) is 26.7. The number of rotatable bonds is 6. The van der Waals surface area contributed by atoms with Gasteiger partial charge in [0.05, 0.1) is 17.8 Å². The second-order valence-electron chi connectivity index (χ2n) is 10.0. The average Bonchev–Trinajstić information content (AvgIpc) is 2.82. The summed E-state index contributed by atoms with van der Waals surface area (Å²) >= 11 is 12.0. The zero-order valence-corrected chi connectivity index (χ0v) is 22.5. The van der Waals surface area contributed by atoms with Crippen LogP contribution >= 0.6 is 23.2 Å². The third kappa shape index (κ3) is 7.60. The fraction of sp³-hybridized carbons (Fsp3) is 0.519. The van der Waals surface area contributed by atoms with Crippen LogP contribution in [0.1, 0.15) is 35.3 Å². The van der Waals surface area contributed by atoms with Crippen molar-refractivity contribution in [3.63, 3.8) is 0 Å². The van der Waals surface area contributed by atoms with Gasteiger partial charge in [0.15, 0.2) is 0 Å². The number of carbonyl (C=O) groups excluding carboxylic acids is 1. The van der Waals surface area contributed by atoms with E-state index in [-0.39, 0.29) is 28.8 Å². The lowest BCUT2D eigenvalue weighted by Crippen LogP contribution is -2.57. The van der Waals surface area contributed by atoms with Gasteiger partial charge in [-0.3, -0.25) is 14.6 Å². The molecule has 3 atom stereocenters. The predicted octanol–water partition coefficient (Wildman–Crippen LogP) is 5.49. The van der Waals surface area contributed by atoms with Gasteiger partial charge in [0.25, 0.3) is 5.91 Å². The van der Waals surface area contributed by atoms with Crippen molar-refractivity contribution in [2.75, 3.05) is 45.8 Å². The maximum Gasteiger partial charge on any atom is 0.416 e. The van der Waals surface area contributed by atoms with E-state index >= 15 is 0 Å². The number of hydrogen-bond donors (Lipinski definition) is 0. The number of benzene rings is 2. The molecule has 37 heavy (non-hydrogen) atoms. The second-order valence-corrected chi connectivity index (χ2v) is 10.9. The van der Waals surface area contributed by atoms with E-state index in [1.54, 1.807) is 17.0 Å². The summed E-state index contributed by atoms with van der Waals surface area (Å²) < 4.78 is 46.0. The Hall–Kier alpha value is -1.84. The SMILES string of the molecule is CC1CN(CCN2CCN(C(=O)c3cc(Cl)cc(C(F)(F)F)c3)[C@H](Cc3ccc(Cl)cc3)C2)CC(C)O1. The van der Waals surface area contributed by atoms with Gasteiger partial charge in [-0.05, 0) is 56.2 Å². The summed E-state index contributed by atoms with van der Waals surface area (Å²) in [4.78, 5) is 19.9. The van der Waals surface area contributed by atoms with Gasteiger partial charge in [-0.15, -0.1) is 0 Å². The lowest BCUT2D eigenvalue weighted by molar-refractivity contribution is -0.137. The molecule has 0 bridgehead atoms. The summed E-state index contributed by atoms with van der Waals surface area (Å²) in [5.74, 6) is -0.442. The van der Waals surface area contributed by atoms with Crippen molar-refractivity contribution in [3.8, 4) is 0 Å². The minimum Gasteiger partial charge on any atom is -0.373 e. The predicted molar refractivity (Wildman–Crippen MR) is 139 cm³/mol. The second kappa shape index (κ2) is 11.9. The van der Waals surface area contributed by atoms with Crippen LogP contribution in [-0.4, -0.2) is 84.7 Å². The van der Waals surface area contributed by atoms with Gasteiger partial charge in [0.2, 0.25) is 0 Å². The van der Waals surface area contributed by atoms with Crippen molar-refractivity contribution < 1.29 is 22.7 Å². The Balaban J connectivity index is 1.50. The number of halogens is 5. The highest BCUT2D eigenvalue weighted by atomic mass is 35.5. The van der Waals surface area contributed by atoms with Crippen molar-refractivity contribution in [1.82, 2.24) is 14.7 Å². The Morgan fingerprint density at radius 1 is 0.919 bits per heavy atom. The molecule has 2 aliphatic rings. The zero-order valence-electron chi connectivity index (χ0n) is 21.0. The molecule has 0 N–H and O–H groups in total. The van der Waals surface area contributed by atoms with Crippen LogP contribution in [0.4, 0.5) is 13.2 Å². The number of nitrogens with zero attached hydrogens (tertiary/aromatic N) is 3. The Bertz CT molecular complexity index is 1070. The Morgan fingerprint density at radius 2 is 1.57 bits per heavy atom. The number of morpholine rings is 1. The molecule has 2 heterocycles. The Kier molecular flexibility index (Phi) is 9.07. The highest BCUT2D eigenvalue weighted by molar-refractivity contribution is 6.31. The number of amides is 1. The van der Waals surface area contributed by atoms with Gasteiger partial charge in [0, 0.05) is 67.5 Å². The molecule has 10 heteroatoms. The summed E-state index contributed by atoms with van der Waals surface area (Å²) in [6.45, 7) is 9.34. The molecule has 0 spiro atoms. The van der Waals surface area contributed by atoms with Crippen LogP contribution in [-0.2, 0) is 17.3 Å². The lowest BCUT2D eigenvalue weighted by atomic mass is 10.00. The molecule has 2 aliphatic heterocycles. The highest BCUT2D eigenvalue weighted by Crippen LogP contribution is 2.32. The van der Waals surface area contributed by atoms with Gasteiger partial charge in [-0.2, -0.15) is 13.2 Å². The largest absolute Gasteiger partial charge is 0.416 e. The van der Waals surface area contributed by atoms with Crippen molar-refractivity contribution in [2.24, 2.45) is 0 Å². The highest BCUT2D eigenvalue weighted by Gasteiger charge is 2.35. The van der Waals surface area contributed by atoms with Crippen LogP contribution in [0.15, 0.2) is 42.5 Å². The molecule has 202 valence electrons. The van der Waals surface area contributed by atoms with Crippen molar-refractivity contribution in [1.29, 1.82) is 0 Å². The Morgan fingerprint density at radius 3 is 2.22 bits per heavy atom. The topological polar surface area (TPSA) is 36.0 Å². The molecule has 2 fully saturated rings. The standard InChI is InChI=1S/C27H32Cl2F3N3O2/c1-18-15-34(16-19(2)37-18)8-7-33-9-10-35(25(17-33)11-20-3-5-23(28)6-4-20)26(36)21-12-22(27(30,31)32)14-24(29)13-21/h3-6,12-14,18-19,25H,7-11,15-17H2,1-2H3/t18?,19?,25-/m1/s1. The first-order valence-electron chi connectivity index (χ1n) is 12.5. The smallest absolute Gasteiger partial charge is 0.373 e. The molecule has 4 rings (SSSR count). The third-order valence-corrected chi connectivity index (χ3v) is 7.38. The summed E-state index contributed by atoms with van der Waals surface area (Å²) in [6, 6.07) is 10.3. The average molecular weight is 558 g/mol. The molecule has 2 saturated heterocycles. The summed E-state index contributed by atoms with van der Waals surface area (Å²) in [6.07, 6.45) is -3.64. The molecule has 2 aromatic carbocycles. The number of alkyl halides is 3. The number of hydrogen-bond acceptors (Lipinski definition) is 4. The molecular weight excluding hydrogens is 526 g/mol. The number of ether oxygens (including phenoxy) is 1. The van der Waals surface area contributed by atoms with Gasteiger partial charge in [-0.1, -0.05) is 35.3 Å². The van der Waals surface area contributed by atoms with Crippen LogP contribution in [0.25, 0.3) is 0 Å². The van der Waals surface area contributed by atoms with Crippen LogP contribution in [0, 0.1) is 0 Å². The fourth-order valence-corrected chi connectivity index (χ4v) is 5.61. The van der Waals surface area contributed by atoms with E-state index in [2.05, 4.69) is 23.6 Å². The van der Waals surface area contributed by atoms with E-state index in [1.165, 1.54) is 6.07 Å². The molecule has 0 saturated carbocycles. The molecule has 0 aromatic heterocycles. The monoisotopic (exact) mass is 557 g/mol. The molecule has 2 unspecified atom stereocenters. The van der Waals surface area contributed by atoms with E-state index in [0.29, 0.717) is 31.1 Å². The first kappa shape index (κ1) is 28.2. The molecule has 1 amide bonds. The van der Waals surface area contributed by atoms with E-state index in [1.807, 2.05) is 12.1 Å². The van der Waals surface area contributed by atoms with E-state index in [4.69, 9.17) is 27.9 Å². The maximum absolute atomic E-state index is 13.5. The van der Waals surface area contributed by atoms with Gasteiger partial charge < -0.3 is 9.64 Å². The normalized spacial score (nSPS) is 23.9. The van der Waals surface area contributed by atoms with E-state index in [0.717, 1.165) is 43.9 Å². The van der Waals surface area contributed by atoms with Crippen molar-refractivity contribution in [3.05, 3.63) is 69.2 Å². The first-order valence-corrected chi connectivity index (χ1v) is 13.3. The van der Waals surface area contributed by atoms with Crippen molar-refractivity contribution >= 4 is 29.1 Å².